The zero-order valence-electron chi connectivity index (χ0n) is 11.9. The minimum absolute atomic E-state index is 0.184. The van der Waals surface area contributed by atoms with Crippen LogP contribution in [0.3, 0.4) is 0 Å². The summed E-state index contributed by atoms with van der Waals surface area (Å²) in [6.45, 7) is 1.99. The Bertz CT molecular complexity index is 773. The van der Waals surface area contributed by atoms with Gasteiger partial charge in [-0.3, -0.25) is 0 Å². The minimum atomic E-state index is -3.56. The van der Waals surface area contributed by atoms with E-state index in [1.54, 1.807) is 19.1 Å². The number of nitrogens with one attached hydrogen (secondary N) is 1. The van der Waals surface area contributed by atoms with E-state index in [9.17, 15) is 18.6 Å². The van der Waals surface area contributed by atoms with Gasteiger partial charge in [0, 0.05) is 11.0 Å². The molecule has 0 radical (unpaired) electrons. The smallest absolute Gasteiger partial charge is 0.240 e. The van der Waals surface area contributed by atoms with Crippen molar-refractivity contribution in [3.8, 4) is 11.5 Å². The standard InChI is InChI=1S/C15H16BrNO4S/c1-10-8-14(18)15(19)9-11(10)6-7-17-22(20,21)13-4-2-12(16)3-5-13/h2-5,8-9,17-19H,6-7H2,1H3. The van der Waals surface area contributed by atoms with Gasteiger partial charge < -0.3 is 10.2 Å². The number of benzene rings is 2. The van der Waals surface area contributed by atoms with Crippen molar-refractivity contribution in [1.29, 1.82) is 0 Å². The van der Waals surface area contributed by atoms with Gasteiger partial charge in [-0.15, -0.1) is 0 Å². The first kappa shape index (κ1) is 16.8. The Kier molecular flexibility index (Phi) is 5.10. The van der Waals surface area contributed by atoms with Crippen LogP contribution in [0.1, 0.15) is 11.1 Å². The number of rotatable bonds is 5. The number of aromatic hydroxyl groups is 2. The lowest BCUT2D eigenvalue weighted by atomic mass is 10.1. The van der Waals surface area contributed by atoms with Crippen LogP contribution in [-0.2, 0) is 16.4 Å². The summed E-state index contributed by atoms with van der Waals surface area (Å²) in [5.41, 5.74) is 1.56. The van der Waals surface area contributed by atoms with Crippen LogP contribution in [0.15, 0.2) is 45.8 Å². The number of phenolic OH excluding ortho intramolecular Hbond substituents is 2. The van der Waals surface area contributed by atoms with Crippen molar-refractivity contribution in [3.05, 3.63) is 52.0 Å². The largest absolute Gasteiger partial charge is 0.504 e. The minimum Gasteiger partial charge on any atom is -0.504 e. The van der Waals surface area contributed by atoms with E-state index in [1.807, 2.05) is 0 Å². The predicted molar refractivity (Wildman–Crippen MR) is 87.5 cm³/mol. The lowest BCUT2D eigenvalue weighted by Gasteiger charge is -2.10. The zero-order chi connectivity index (χ0) is 16.3. The molecule has 5 nitrogen and oxygen atoms in total. The second-order valence-electron chi connectivity index (χ2n) is 4.87. The molecule has 0 aliphatic rings. The van der Waals surface area contributed by atoms with Crippen molar-refractivity contribution in [1.82, 2.24) is 4.72 Å². The van der Waals surface area contributed by atoms with Crippen LogP contribution in [0.2, 0.25) is 0 Å². The highest BCUT2D eigenvalue weighted by atomic mass is 79.9. The number of hydrogen-bond donors (Lipinski definition) is 3. The Morgan fingerprint density at radius 3 is 2.32 bits per heavy atom. The van der Waals surface area contributed by atoms with E-state index in [0.717, 1.165) is 15.6 Å². The first-order valence-corrected chi connectivity index (χ1v) is 8.84. The molecule has 0 aliphatic heterocycles. The highest BCUT2D eigenvalue weighted by molar-refractivity contribution is 9.10. The maximum absolute atomic E-state index is 12.1. The average molecular weight is 386 g/mol. The van der Waals surface area contributed by atoms with Crippen LogP contribution in [-0.4, -0.2) is 25.2 Å². The molecule has 3 N–H and O–H groups in total. The Morgan fingerprint density at radius 2 is 1.68 bits per heavy atom. The average Bonchev–Trinajstić information content (AvgIpc) is 2.44. The maximum Gasteiger partial charge on any atom is 0.240 e. The molecule has 2 rings (SSSR count). The zero-order valence-corrected chi connectivity index (χ0v) is 14.3. The van der Waals surface area contributed by atoms with Gasteiger partial charge in [0.2, 0.25) is 10.0 Å². The van der Waals surface area contributed by atoms with E-state index in [-0.39, 0.29) is 22.9 Å². The molecule has 0 atom stereocenters. The molecule has 0 aromatic heterocycles. The monoisotopic (exact) mass is 385 g/mol. The van der Waals surface area contributed by atoms with Crippen LogP contribution in [0.5, 0.6) is 11.5 Å². The first-order valence-electron chi connectivity index (χ1n) is 6.56. The molecule has 0 spiro atoms. The summed E-state index contributed by atoms with van der Waals surface area (Å²) in [5, 5.41) is 18.9. The fourth-order valence-electron chi connectivity index (χ4n) is 2.01. The van der Waals surface area contributed by atoms with Crippen LogP contribution in [0.4, 0.5) is 0 Å². The third-order valence-electron chi connectivity index (χ3n) is 3.24. The predicted octanol–water partition coefficient (Wildman–Crippen LogP) is 2.69. The maximum atomic E-state index is 12.1. The molecule has 2 aromatic rings. The van der Waals surface area contributed by atoms with Gasteiger partial charge in [0.25, 0.3) is 0 Å². The van der Waals surface area contributed by atoms with Gasteiger partial charge >= 0.3 is 0 Å². The number of sulfonamides is 1. The summed E-state index contributed by atoms with van der Waals surface area (Å²) in [7, 11) is -3.56. The van der Waals surface area contributed by atoms with Gasteiger partial charge in [0.15, 0.2) is 11.5 Å². The molecule has 0 amide bonds. The Balaban J connectivity index is 2.04. The lowest BCUT2D eigenvalue weighted by Crippen LogP contribution is -2.26. The fourth-order valence-corrected chi connectivity index (χ4v) is 3.31. The summed E-state index contributed by atoms with van der Waals surface area (Å²) < 4.78 is 27.6. The van der Waals surface area contributed by atoms with Gasteiger partial charge in [0.05, 0.1) is 4.90 Å². The van der Waals surface area contributed by atoms with Crippen molar-refractivity contribution in [2.24, 2.45) is 0 Å². The summed E-state index contributed by atoms with van der Waals surface area (Å²) in [4.78, 5) is 0.195. The normalized spacial score (nSPS) is 11.5. The van der Waals surface area contributed by atoms with Crippen molar-refractivity contribution < 1.29 is 18.6 Å². The molecular formula is C15H16BrNO4S. The molecule has 0 saturated carbocycles. The Hall–Kier alpha value is -1.57. The van der Waals surface area contributed by atoms with Crippen molar-refractivity contribution in [3.63, 3.8) is 0 Å². The van der Waals surface area contributed by atoms with Crippen molar-refractivity contribution >= 4 is 26.0 Å². The van der Waals surface area contributed by atoms with E-state index < -0.39 is 10.0 Å². The first-order chi connectivity index (χ1) is 10.3. The quantitative estimate of drug-likeness (QED) is 0.690. The molecule has 22 heavy (non-hydrogen) atoms. The van der Waals surface area contributed by atoms with Crippen molar-refractivity contribution in [2.75, 3.05) is 6.54 Å². The summed E-state index contributed by atoms with van der Waals surface area (Å²) in [6, 6.07) is 9.26. The van der Waals surface area contributed by atoms with Gasteiger partial charge in [-0.25, -0.2) is 13.1 Å². The molecule has 118 valence electrons. The number of hydrogen-bond acceptors (Lipinski definition) is 4. The molecule has 2 aromatic carbocycles. The van der Waals surface area contributed by atoms with E-state index in [1.165, 1.54) is 24.3 Å². The molecule has 0 fully saturated rings. The lowest BCUT2D eigenvalue weighted by molar-refractivity contribution is 0.402. The van der Waals surface area contributed by atoms with Gasteiger partial charge in [0.1, 0.15) is 0 Å². The van der Waals surface area contributed by atoms with E-state index in [4.69, 9.17) is 0 Å². The van der Waals surface area contributed by atoms with Crippen LogP contribution < -0.4 is 4.72 Å². The summed E-state index contributed by atoms with van der Waals surface area (Å²) in [5.74, 6) is -0.395. The second kappa shape index (κ2) is 6.68. The number of halogens is 1. The van der Waals surface area contributed by atoms with Gasteiger partial charge in [-0.1, -0.05) is 15.9 Å². The molecular weight excluding hydrogens is 370 g/mol. The fraction of sp³-hybridized carbons (Fsp3) is 0.200. The Morgan fingerprint density at radius 1 is 1.09 bits per heavy atom. The molecule has 7 heteroatoms. The molecule has 0 unspecified atom stereocenters. The third kappa shape index (κ3) is 4.00. The molecule has 0 saturated heterocycles. The number of phenols is 2. The third-order valence-corrected chi connectivity index (χ3v) is 5.25. The summed E-state index contributed by atoms with van der Waals surface area (Å²) >= 11 is 3.26. The highest BCUT2D eigenvalue weighted by Gasteiger charge is 2.13. The van der Waals surface area contributed by atoms with E-state index in [2.05, 4.69) is 20.7 Å². The van der Waals surface area contributed by atoms with E-state index in [0.29, 0.717) is 6.42 Å². The van der Waals surface area contributed by atoms with Gasteiger partial charge in [-0.05, 0) is 60.9 Å². The number of aryl methyl sites for hydroxylation is 1. The Labute approximate surface area is 137 Å². The molecule has 0 aliphatic carbocycles. The summed E-state index contributed by atoms with van der Waals surface area (Å²) in [6.07, 6.45) is 0.412. The molecule has 0 bridgehead atoms. The second-order valence-corrected chi connectivity index (χ2v) is 7.55. The van der Waals surface area contributed by atoms with Crippen LogP contribution in [0, 0.1) is 6.92 Å². The SMILES string of the molecule is Cc1cc(O)c(O)cc1CCNS(=O)(=O)c1ccc(Br)cc1. The highest BCUT2D eigenvalue weighted by Crippen LogP contribution is 2.28. The van der Waals surface area contributed by atoms with Crippen LogP contribution in [0.25, 0.3) is 0 Å². The topological polar surface area (TPSA) is 86.6 Å². The van der Waals surface area contributed by atoms with Crippen LogP contribution >= 0.6 is 15.9 Å². The van der Waals surface area contributed by atoms with E-state index >= 15 is 0 Å². The van der Waals surface area contributed by atoms with Gasteiger partial charge in [-0.2, -0.15) is 0 Å². The van der Waals surface area contributed by atoms with Crippen molar-refractivity contribution in [2.45, 2.75) is 18.2 Å². The molecule has 0 heterocycles.